The summed E-state index contributed by atoms with van der Waals surface area (Å²) in [5.41, 5.74) is 22.3. The number of aliphatic hydroxyl groups excluding tert-OH is 1. The predicted molar refractivity (Wildman–Crippen MR) is 276 cm³/mol. The number of aliphatic hydroxyl groups is 1. The Hall–Kier alpha value is -7.33. The highest BCUT2D eigenvalue weighted by molar-refractivity contribution is 6.00. The van der Waals surface area contributed by atoms with Gasteiger partial charge in [0.15, 0.2) is 0 Å². The van der Waals surface area contributed by atoms with Gasteiger partial charge in [-0.2, -0.15) is 0 Å². The van der Waals surface area contributed by atoms with E-state index in [1.165, 1.54) is 25.7 Å². The number of aliphatic carboxylic acids is 1. The molecule has 0 radical (unpaired) electrons. The van der Waals surface area contributed by atoms with Crippen LogP contribution in [0.4, 0.5) is 0 Å². The summed E-state index contributed by atoms with van der Waals surface area (Å²) in [6.07, 6.45) is -1.29. The van der Waals surface area contributed by atoms with Crippen LogP contribution in [-0.4, -0.2) is 190 Å². The fourth-order valence-electron chi connectivity index (χ4n) is 9.12. The lowest BCUT2D eigenvalue weighted by Crippen LogP contribution is -2.78. The van der Waals surface area contributed by atoms with Gasteiger partial charge in [0, 0.05) is 19.5 Å². The number of nitrogens with one attached hydrogen (secondary N) is 10. The lowest BCUT2D eigenvalue weighted by atomic mass is 10.00. The van der Waals surface area contributed by atoms with Crippen LogP contribution in [0.25, 0.3) is 0 Å². The van der Waals surface area contributed by atoms with E-state index in [1.54, 1.807) is 27.7 Å². The van der Waals surface area contributed by atoms with E-state index >= 15 is 0 Å². The van der Waals surface area contributed by atoms with Crippen LogP contribution >= 0.6 is 0 Å². The summed E-state index contributed by atoms with van der Waals surface area (Å²) >= 11 is 0. The molecule has 0 saturated carbocycles. The molecule has 0 aromatic rings. The number of hydrogen-bond donors (Lipinski definition) is 16. The van der Waals surface area contributed by atoms with E-state index in [0.29, 0.717) is 6.42 Å². The third-order valence-corrected chi connectivity index (χ3v) is 13.3. The first-order valence-corrected chi connectivity index (χ1v) is 26.3. The predicted octanol–water partition coefficient (Wildman–Crippen LogP) is -8.88. The van der Waals surface area contributed by atoms with Crippen LogP contribution in [0, 0.1) is 11.8 Å². The number of carbonyl (C=O) groups is 11. The molecule has 0 bridgehead atoms. The first-order chi connectivity index (χ1) is 36.1. The maximum Gasteiger partial charge on any atom is 0.338 e. The molecule has 77 heavy (non-hydrogen) atoms. The van der Waals surface area contributed by atoms with Crippen LogP contribution in [0.15, 0.2) is 0 Å². The minimum Gasteiger partial charge on any atom is -0.481 e. The number of carbonyl (C=O) groups excluding carboxylic acids is 10. The molecule has 0 aliphatic carbocycles. The fraction of sp³-hybridized carbons (Fsp3) is 0.729. The highest BCUT2D eigenvalue weighted by Crippen LogP contribution is 2.23. The molecule has 3 rings (SSSR count). The molecule has 3 fully saturated rings. The third-order valence-electron chi connectivity index (χ3n) is 13.3. The zero-order valence-corrected chi connectivity index (χ0v) is 45.2. The van der Waals surface area contributed by atoms with Gasteiger partial charge in [-0.1, -0.05) is 27.7 Å². The minimum atomic E-state index is -1.66. The summed E-state index contributed by atoms with van der Waals surface area (Å²) in [5.74, 6) is -10.6. The van der Waals surface area contributed by atoms with Gasteiger partial charge in [0.05, 0.1) is 19.2 Å². The quantitative estimate of drug-likeness (QED) is 0.0411. The Balaban J connectivity index is 2.14. The van der Waals surface area contributed by atoms with Crippen molar-refractivity contribution in [1.82, 2.24) is 52.3 Å². The minimum absolute atomic E-state index is 0.0165. The topological polar surface area (TPSA) is 463 Å². The Morgan fingerprint density at radius 1 is 0.545 bits per heavy atom. The van der Waals surface area contributed by atoms with Crippen LogP contribution in [0.5, 0.6) is 0 Å². The van der Waals surface area contributed by atoms with E-state index in [9.17, 15) is 63.0 Å². The van der Waals surface area contributed by atoms with E-state index < -0.39 is 150 Å². The number of rotatable bonds is 15. The molecule has 0 aromatic heterocycles. The van der Waals surface area contributed by atoms with E-state index in [1.807, 2.05) is 0 Å². The summed E-state index contributed by atoms with van der Waals surface area (Å²) in [4.78, 5) is 160. The zero-order valence-electron chi connectivity index (χ0n) is 45.2. The van der Waals surface area contributed by atoms with Gasteiger partial charge >= 0.3 is 17.9 Å². The molecular weight excluding hydrogens is 1010 g/mol. The summed E-state index contributed by atoms with van der Waals surface area (Å²) in [5, 5.41) is 41.2. The molecule has 0 aromatic carbocycles. The van der Waals surface area contributed by atoms with Crippen molar-refractivity contribution >= 4 is 77.0 Å². The molecular formula is C48H84N16O13+2. The number of guanidine groups is 2. The SMILES string of the molecule is CC(C)C[C@H]1NC(=O)[C@H](CCC[NH+]=C(N)N)NC(=O)[C@H]2CCCN2C(=O)[C@@H](C(C)C)NC(=O)[C@H](CCC[NH+]=C(N)N)NC(=O)[C@H](C)NC(=O)[C@H](C)NC(=O)[C@H](CCC(=O)O)NC(=O)[C@@H]2CCCN2C(=O)[C@@H]([C@@H](C)O)NC1=O. The van der Waals surface area contributed by atoms with Gasteiger partial charge < -0.3 is 62.5 Å². The number of fused-ring (bicyclic) bond motifs is 2. The largest absolute Gasteiger partial charge is 0.481 e. The number of amides is 10. The number of carboxylic acid groups (broad SMARTS) is 1. The Kier molecular flexibility index (Phi) is 25.3. The second-order valence-electron chi connectivity index (χ2n) is 20.7. The van der Waals surface area contributed by atoms with Crippen molar-refractivity contribution in [2.45, 2.75) is 186 Å². The van der Waals surface area contributed by atoms with Gasteiger partial charge in [-0.15, -0.1) is 0 Å². The van der Waals surface area contributed by atoms with Crippen molar-refractivity contribution in [3.63, 3.8) is 0 Å². The third kappa shape index (κ3) is 20.0. The molecule has 3 heterocycles. The van der Waals surface area contributed by atoms with Crippen molar-refractivity contribution in [2.75, 3.05) is 26.2 Å². The monoisotopic (exact) mass is 1090 g/mol. The maximum absolute atomic E-state index is 14.5. The molecule has 0 unspecified atom stereocenters. The zero-order chi connectivity index (χ0) is 57.8. The summed E-state index contributed by atoms with van der Waals surface area (Å²) in [7, 11) is 0. The Morgan fingerprint density at radius 2 is 0.922 bits per heavy atom. The molecule has 20 N–H and O–H groups in total. The standard InChI is InChI=1S/C48H82N16O13/c1-23(2)22-31-42(73)62-36(27(7)65)46(77)64-21-11-15-33(64)44(75)59-30(16-17-34(66)67)39(70)56-25(5)37(68)55-26(6)38(69)57-29(13-9-19-54-48(51)52)41(72)61-35(24(3)4)45(76)63-20-10-14-32(63)43(74)58-28(40(71)60-31)12-8-18-53-47(49)50/h23-33,35-36,65H,8-22H2,1-7H3,(H,55,68)(H,56,70)(H,57,69)(H,58,74)(H,59,75)(H,60,71)(H,61,72)(H,62,73)(H,66,67)(H4,49,50,53)(H4,51,52,54)/p+2/t25-,26-,27+,28-,29-,30-,31+,32+,33-,35+,36+/m0/s1. The lowest BCUT2D eigenvalue weighted by molar-refractivity contribution is -0.460. The fourth-order valence-corrected chi connectivity index (χ4v) is 9.12. The van der Waals surface area contributed by atoms with Crippen molar-refractivity contribution < 1.29 is 72.9 Å². The second-order valence-corrected chi connectivity index (χ2v) is 20.7. The van der Waals surface area contributed by atoms with E-state index in [0.717, 1.165) is 4.90 Å². The average molecular weight is 1090 g/mol. The molecule has 3 saturated heterocycles. The van der Waals surface area contributed by atoms with Crippen molar-refractivity contribution in [1.29, 1.82) is 0 Å². The van der Waals surface area contributed by atoms with Crippen LogP contribution in [0.2, 0.25) is 0 Å². The number of carboxylic acids is 1. The van der Waals surface area contributed by atoms with Crippen LogP contribution in [-0.2, 0) is 52.7 Å². The average Bonchev–Trinajstić information content (AvgIpc) is 4.05. The summed E-state index contributed by atoms with van der Waals surface area (Å²) < 4.78 is 0. The second kappa shape index (κ2) is 30.4. The van der Waals surface area contributed by atoms with Gasteiger partial charge in [-0.05, 0) is 96.8 Å². The molecule has 3 aliphatic heterocycles. The van der Waals surface area contributed by atoms with E-state index in [4.69, 9.17) is 22.9 Å². The van der Waals surface area contributed by atoms with Gasteiger partial charge in [-0.25, -0.2) is 0 Å². The van der Waals surface area contributed by atoms with E-state index in [-0.39, 0.29) is 95.4 Å². The number of nitrogens with two attached hydrogens (primary N) is 4. The Bertz CT molecular complexity index is 2200. The number of nitrogens with zero attached hydrogens (tertiary/aromatic N) is 2. The van der Waals surface area contributed by atoms with Gasteiger partial charge in [-0.3, -0.25) is 85.7 Å². The molecule has 10 amide bonds. The molecule has 29 heteroatoms. The highest BCUT2D eigenvalue weighted by Gasteiger charge is 2.43. The summed E-state index contributed by atoms with van der Waals surface area (Å²) in [6.45, 7) is 11.1. The van der Waals surface area contributed by atoms with Crippen LogP contribution < -0.4 is 75.5 Å². The van der Waals surface area contributed by atoms with Gasteiger partial charge in [0.25, 0.3) is 0 Å². The smallest absolute Gasteiger partial charge is 0.338 e. The molecule has 432 valence electrons. The van der Waals surface area contributed by atoms with Crippen molar-refractivity contribution in [3.8, 4) is 0 Å². The Morgan fingerprint density at radius 3 is 1.36 bits per heavy atom. The normalized spacial score (nSPS) is 27.6. The maximum atomic E-state index is 14.5. The molecule has 11 atom stereocenters. The van der Waals surface area contributed by atoms with E-state index in [2.05, 4.69) is 52.5 Å². The van der Waals surface area contributed by atoms with Gasteiger partial charge in [0.2, 0.25) is 59.1 Å². The first-order valence-electron chi connectivity index (χ1n) is 26.3. The number of hydrogen-bond acceptors (Lipinski definition) is 12. The molecule has 0 spiro atoms. The van der Waals surface area contributed by atoms with Crippen LogP contribution in [0.3, 0.4) is 0 Å². The lowest BCUT2D eigenvalue weighted by Gasteiger charge is -2.33. The molecule has 29 nitrogen and oxygen atoms in total. The first kappa shape index (κ1) is 64.0. The van der Waals surface area contributed by atoms with Crippen LogP contribution in [0.1, 0.15) is 119 Å². The highest BCUT2D eigenvalue weighted by atomic mass is 16.4. The van der Waals surface area contributed by atoms with Gasteiger partial charge in [0.1, 0.15) is 60.4 Å². The van der Waals surface area contributed by atoms with Crippen molar-refractivity contribution in [2.24, 2.45) is 34.8 Å². The van der Waals surface area contributed by atoms with Crippen molar-refractivity contribution in [3.05, 3.63) is 0 Å². The molecule has 3 aliphatic rings. The Labute approximate surface area is 447 Å². The summed E-state index contributed by atoms with van der Waals surface area (Å²) in [6, 6.07) is -13.5.